The number of rotatable bonds is 1. The van der Waals surface area contributed by atoms with Gasteiger partial charge in [-0.15, -0.1) is 0 Å². The number of aliphatic hydroxyl groups excluding tert-OH is 1. The molecule has 0 radical (unpaired) electrons. The number of hydrogen-bond donors (Lipinski definition) is 1. The Bertz CT molecular complexity index is 496. The predicted molar refractivity (Wildman–Crippen MR) is 69.7 cm³/mol. The van der Waals surface area contributed by atoms with Gasteiger partial charge < -0.3 is 9.84 Å². The lowest BCUT2D eigenvalue weighted by atomic mass is 10.1. The number of ether oxygens (including phenoxy) is 1. The van der Waals surface area contributed by atoms with Gasteiger partial charge in [-0.05, 0) is 32.9 Å². The van der Waals surface area contributed by atoms with E-state index in [1.807, 2.05) is 0 Å². The number of hydrogen-bond acceptors (Lipinski definition) is 3. The van der Waals surface area contributed by atoms with Crippen LogP contribution in [0, 0.1) is 5.82 Å². The third-order valence-corrected chi connectivity index (χ3v) is 2.96. The summed E-state index contributed by atoms with van der Waals surface area (Å²) in [7, 11) is 0. The topological polar surface area (TPSA) is 49.8 Å². The molecule has 0 aromatic heterocycles. The fourth-order valence-electron chi connectivity index (χ4n) is 2.20. The van der Waals surface area contributed by atoms with Crippen LogP contribution in [0.4, 0.5) is 14.9 Å². The molecule has 1 aromatic rings. The van der Waals surface area contributed by atoms with E-state index in [0.29, 0.717) is 17.7 Å². The molecule has 0 spiro atoms. The second-order valence-electron chi connectivity index (χ2n) is 5.63. The standard InChI is InChI=1S/C14H18FNO3/c1-14(2,3)19-13(18)16-9(8-17)7-10-11(15)5-4-6-12(10)16/h4-6,9,17H,7-8H2,1-3H3/t9-/m0/s1. The summed E-state index contributed by atoms with van der Waals surface area (Å²) >= 11 is 0. The summed E-state index contributed by atoms with van der Waals surface area (Å²) in [6.07, 6.45) is -0.256. The Morgan fingerprint density at radius 1 is 1.53 bits per heavy atom. The summed E-state index contributed by atoms with van der Waals surface area (Å²) in [4.78, 5) is 13.5. The minimum Gasteiger partial charge on any atom is -0.443 e. The van der Waals surface area contributed by atoms with E-state index in [1.54, 1.807) is 32.9 Å². The van der Waals surface area contributed by atoms with Crippen LogP contribution in [0.1, 0.15) is 26.3 Å². The van der Waals surface area contributed by atoms with Gasteiger partial charge in [0.25, 0.3) is 0 Å². The summed E-state index contributed by atoms with van der Waals surface area (Å²) < 4.78 is 19.0. The number of carbonyl (C=O) groups excluding carboxylic acids is 1. The predicted octanol–water partition coefficient (Wildman–Crippen LogP) is 2.48. The highest BCUT2D eigenvalue weighted by Gasteiger charge is 2.37. The first-order valence-corrected chi connectivity index (χ1v) is 6.24. The highest BCUT2D eigenvalue weighted by molar-refractivity contribution is 5.91. The van der Waals surface area contributed by atoms with Crippen molar-refractivity contribution >= 4 is 11.8 Å². The Morgan fingerprint density at radius 2 is 2.21 bits per heavy atom. The Hall–Kier alpha value is -1.62. The van der Waals surface area contributed by atoms with Crippen molar-refractivity contribution in [2.75, 3.05) is 11.5 Å². The molecule has 0 fully saturated rings. The highest BCUT2D eigenvalue weighted by Crippen LogP contribution is 2.34. The Balaban J connectivity index is 2.34. The Labute approximate surface area is 111 Å². The average Bonchev–Trinajstić information content (AvgIpc) is 2.66. The number of benzene rings is 1. The zero-order chi connectivity index (χ0) is 14.2. The summed E-state index contributed by atoms with van der Waals surface area (Å²) in [6.45, 7) is 5.07. The maximum absolute atomic E-state index is 13.7. The van der Waals surface area contributed by atoms with Crippen LogP contribution in [0.5, 0.6) is 0 Å². The van der Waals surface area contributed by atoms with Gasteiger partial charge in [0.15, 0.2) is 0 Å². The van der Waals surface area contributed by atoms with Gasteiger partial charge in [0, 0.05) is 12.0 Å². The maximum Gasteiger partial charge on any atom is 0.415 e. The lowest BCUT2D eigenvalue weighted by molar-refractivity contribution is 0.0557. The van der Waals surface area contributed by atoms with Crippen molar-refractivity contribution in [1.82, 2.24) is 0 Å². The lowest BCUT2D eigenvalue weighted by Gasteiger charge is -2.28. The molecule has 1 aromatic carbocycles. The molecule has 104 valence electrons. The fraction of sp³-hybridized carbons (Fsp3) is 0.500. The van der Waals surface area contributed by atoms with Crippen LogP contribution in [0.3, 0.4) is 0 Å². The monoisotopic (exact) mass is 267 g/mol. The van der Waals surface area contributed by atoms with E-state index < -0.39 is 17.7 Å². The van der Waals surface area contributed by atoms with Gasteiger partial charge in [-0.3, -0.25) is 4.90 Å². The first-order valence-electron chi connectivity index (χ1n) is 6.24. The van der Waals surface area contributed by atoms with Crippen molar-refractivity contribution in [3.05, 3.63) is 29.6 Å². The molecule has 0 saturated carbocycles. The van der Waals surface area contributed by atoms with Crippen molar-refractivity contribution in [1.29, 1.82) is 0 Å². The lowest BCUT2D eigenvalue weighted by Crippen LogP contribution is -2.43. The van der Waals surface area contributed by atoms with E-state index in [0.717, 1.165) is 0 Å². The van der Waals surface area contributed by atoms with E-state index in [1.165, 1.54) is 11.0 Å². The molecule has 1 aliphatic heterocycles. The first-order chi connectivity index (χ1) is 8.83. The van der Waals surface area contributed by atoms with Crippen LogP contribution < -0.4 is 4.90 Å². The van der Waals surface area contributed by atoms with E-state index >= 15 is 0 Å². The van der Waals surface area contributed by atoms with Crippen LogP contribution in [0.15, 0.2) is 18.2 Å². The smallest absolute Gasteiger partial charge is 0.415 e. The first kappa shape index (κ1) is 13.8. The molecule has 0 bridgehead atoms. The fourth-order valence-corrected chi connectivity index (χ4v) is 2.20. The number of aliphatic hydroxyl groups is 1. The molecule has 1 amide bonds. The molecule has 0 unspecified atom stereocenters. The molecule has 5 heteroatoms. The van der Waals surface area contributed by atoms with Crippen molar-refractivity contribution in [2.24, 2.45) is 0 Å². The normalized spacial score (nSPS) is 18.4. The van der Waals surface area contributed by atoms with Crippen molar-refractivity contribution in [3.63, 3.8) is 0 Å². The van der Waals surface area contributed by atoms with Crippen LogP contribution in [0.25, 0.3) is 0 Å². The van der Waals surface area contributed by atoms with Crippen LogP contribution in [-0.4, -0.2) is 29.4 Å². The van der Waals surface area contributed by atoms with Crippen LogP contribution in [0.2, 0.25) is 0 Å². The van der Waals surface area contributed by atoms with Gasteiger partial charge in [0.1, 0.15) is 11.4 Å². The highest BCUT2D eigenvalue weighted by atomic mass is 19.1. The summed E-state index contributed by atoms with van der Waals surface area (Å²) in [5.41, 5.74) is 0.299. The van der Waals surface area contributed by atoms with Crippen LogP contribution >= 0.6 is 0 Å². The number of nitrogens with zero attached hydrogens (tertiary/aromatic N) is 1. The number of fused-ring (bicyclic) bond motifs is 1. The van der Waals surface area contributed by atoms with E-state index in [-0.39, 0.29) is 12.4 Å². The largest absolute Gasteiger partial charge is 0.443 e. The van der Waals surface area contributed by atoms with Crippen molar-refractivity contribution < 1.29 is 19.0 Å². The number of carbonyl (C=O) groups is 1. The molecule has 0 aliphatic carbocycles. The minimum atomic E-state index is -0.632. The molecule has 1 aliphatic rings. The number of amides is 1. The van der Waals surface area contributed by atoms with Crippen LogP contribution in [-0.2, 0) is 11.2 Å². The zero-order valence-electron chi connectivity index (χ0n) is 11.3. The van der Waals surface area contributed by atoms with Gasteiger partial charge in [0.2, 0.25) is 0 Å². The average molecular weight is 267 g/mol. The van der Waals surface area contributed by atoms with Gasteiger partial charge >= 0.3 is 6.09 Å². The van der Waals surface area contributed by atoms with E-state index in [4.69, 9.17) is 4.74 Å². The SMILES string of the molecule is CC(C)(C)OC(=O)N1c2cccc(F)c2C[C@H]1CO. The molecule has 19 heavy (non-hydrogen) atoms. The van der Waals surface area contributed by atoms with Crippen molar-refractivity contribution in [3.8, 4) is 0 Å². The molecule has 1 N–H and O–H groups in total. The maximum atomic E-state index is 13.7. The third-order valence-electron chi connectivity index (χ3n) is 2.96. The second kappa shape index (κ2) is 4.81. The van der Waals surface area contributed by atoms with Crippen molar-refractivity contribution in [2.45, 2.75) is 38.8 Å². The van der Waals surface area contributed by atoms with E-state index in [9.17, 15) is 14.3 Å². The molecule has 1 atom stereocenters. The molecule has 4 nitrogen and oxygen atoms in total. The molecular formula is C14H18FNO3. The van der Waals surface area contributed by atoms with E-state index in [2.05, 4.69) is 0 Å². The van der Waals surface area contributed by atoms with Gasteiger partial charge in [-0.1, -0.05) is 6.07 Å². The molecular weight excluding hydrogens is 249 g/mol. The summed E-state index contributed by atoms with van der Waals surface area (Å²) in [6, 6.07) is 4.09. The number of halogens is 1. The molecule has 2 rings (SSSR count). The third kappa shape index (κ3) is 2.71. The summed E-state index contributed by atoms with van der Waals surface area (Å²) in [5.74, 6) is -0.359. The van der Waals surface area contributed by atoms with Gasteiger partial charge in [0.05, 0.1) is 18.3 Å². The molecule has 1 heterocycles. The van der Waals surface area contributed by atoms with Gasteiger partial charge in [-0.25, -0.2) is 9.18 Å². The second-order valence-corrected chi connectivity index (χ2v) is 5.63. The van der Waals surface area contributed by atoms with Gasteiger partial charge in [-0.2, -0.15) is 0 Å². The minimum absolute atomic E-state index is 0.229. The number of anilines is 1. The quantitative estimate of drug-likeness (QED) is 0.850. The summed E-state index contributed by atoms with van der Waals surface area (Å²) in [5, 5.41) is 9.37. The Kier molecular flexibility index (Phi) is 3.49. The Morgan fingerprint density at radius 3 is 2.79 bits per heavy atom. The molecule has 0 saturated heterocycles. The zero-order valence-corrected chi connectivity index (χ0v) is 11.3.